The van der Waals surface area contributed by atoms with Crippen LogP contribution in [0.15, 0.2) is 36.5 Å². The Balaban J connectivity index is 1.39. The van der Waals surface area contributed by atoms with Crippen molar-refractivity contribution in [1.29, 1.82) is 0 Å². The Kier molecular flexibility index (Phi) is 2.73. The van der Waals surface area contributed by atoms with Crippen LogP contribution < -0.4 is 0 Å². The van der Waals surface area contributed by atoms with Crippen LogP contribution in [-0.2, 0) is 6.54 Å². The second-order valence-corrected chi connectivity index (χ2v) is 8.08. The van der Waals surface area contributed by atoms with E-state index in [1.54, 1.807) is 0 Å². The average Bonchev–Trinajstić information content (AvgIpc) is 2.94. The van der Waals surface area contributed by atoms with Crippen LogP contribution in [0.2, 0.25) is 0 Å². The van der Waals surface area contributed by atoms with E-state index in [0.29, 0.717) is 5.41 Å². The van der Waals surface area contributed by atoms with E-state index < -0.39 is 0 Å². The van der Waals surface area contributed by atoms with Gasteiger partial charge in [0.15, 0.2) is 0 Å². The third-order valence-corrected chi connectivity index (χ3v) is 6.27. The summed E-state index contributed by atoms with van der Waals surface area (Å²) in [6.07, 6.45) is 11.0. The number of hydrogen-bond acceptors (Lipinski definition) is 2. The van der Waals surface area contributed by atoms with Crippen LogP contribution in [0.4, 0.5) is 0 Å². The van der Waals surface area contributed by atoms with E-state index in [9.17, 15) is 0 Å². The lowest BCUT2D eigenvalue weighted by Crippen LogP contribution is -2.48. The Morgan fingerprint density at radius 2 is 1.59 bits per heavy atom. The SMILES string of the molecule is c1ccc(-c2cn(CC34CC5CC(CC(C5)C3)C4)nn2)cc1. The van der Waals surface area contributed by atoms with Crippen molar-refractivity contribution >= 4 is 0 Å². The van der Waals surface area contributed by atoms with Crippen LogP contribution >= 0.6 is 0 Å². The molecular formula is C19H23N3. The maximum atomic E-state index is 4.44. The maximum absolute atomic E-state index is 4.44. The second-order valence-electron chi connectivity index (χ2n) is 8.08. The first-order valence-corrected chi connectivity index (χ1v) is 8.74. The van der Waals surface area contributed by atoms with Crippen molar-refractivity contribution < 1.29 is 0 Å². The number of nitrogens with zero attached hydrogens (tertiary/aromatic N) is 3. The number of rotatable bonds is 3. The highest BCUT2D eigenvalue weighted by atomic mass is 15.4. The molecule has 0 amide bonds. The van der Waals surface area contributed by atoms with Gasteiger partial charge in [-0.25, -0.2) is 0 Å². The van der Waals surface area contributed by atoms with Crippen LogP contribution in [0.5, 0.6) is 0 Å². The molecule has 4 fully saturated rings. The lowest BCUT2D eigenvalue weighted by atomic mass is 9.49. The molecule has 4 saturated carbocycles. The molecule has 0 N–H and O–H groups in total. The van der Waals surface area contributed by atoms with Gasteiger partial charge in [-0.15, -0.1) is 5.10 Å². The molecule has 0 spiro atoms. The van der Waals surface area contributed by atoms with E-state index in [0.717, 1.165) is 30.0 Å². The zero-order chi connectivity index (χ0) is 14.6. The van der Waals surface area contributed by atoms with Gasteiger partial charge in [0.2, 0.25) is 0 Å². The molecule has 3 heteroatoms. The van der Waals surface area contributed by atoms with Crippen molar-refractivity contribution in [2.45, 2.75) is 45.1 Å². The molecule has 0 unspecified atom stereocenters. The van der Waals surface area contributed by atoms with Gasteiger partial charge in [-0.05, 0) is 61.7 Å². The average molecular weight is 293 g/mol. The molecule has 1 heterocycles. The van der Waals surface area contributed by atoms with Gasteiger partial charge < -0.3 is 0 Å². The highest BCUT2D eigenvalue weighted by Gasteiger charge is 2.51. The molecule has 4 aliphatic carbocycles. The van der Waals surface area contributed by atoms with Gasteiger partial charge in [0, 0.05) is 12.1 Å². The minimum atomic E-state index is 0.524. The minimum absolute atomic E-state index is 0.524. The number of hydrogen-bond donors (Lipinski definition) is 0. The largest absolute Gasteiger partial charge is 0.251 e. The van der Waals surface area contributed by atoms with E-state index in [-0.39, 0.29) is 0 Å². The Morgan fingerprint density at radius 3 is 2.23 bits per heavy atom. The summed E-state index contributed by atoms with van der Waals surface area (Å²) in [6, 6.07) is 10.4. The molecule has 0 saturated heterocycles. The van der Waals surface area contributed by atoms with Crippen molar-refractivity contribution in [1.82, 2.24) is 15.0 Å². The summed E-state index contributed by atoms with van der Waals surface area (Å²) in [4.78, 5) is 0. The van der Waals surface area contributed by atoms with E-state index in [2.05, 4.69) is 45.5 Å². The van der Waals surface area contributed by atoms with Crippen molar-refractivity contribution in [3.05, 3.63) is 36.5 Å². The number of aromatic nitrogens is 3. The lowest BCUT2D eigenvalue weighted by Gasteiger charge is -2.56. The maximum Gasteiger partial charge on any atom is 0.113 e. The molecule has 114 valence electrons. The van der Waals surface area contributed by atoms with E-state index in [1.807, 2.05) is 6.07 Å². The summed E-state index contributed by atoms with van der Waals surface area (Å²) >= 11 is 0. The first kappa shape index (κ1) is 12.9. The highest BCUT2D eigenvalue weighted by Crippen LogP contribution is 2.60. The van der Waals surface area contributed by atoms with E-state index in [4.69, 9.17) is 0 Å². The van der Waals surface area contributed by atoms with Gasteiger partial charge in [0.25, 0.3) is 0 Å². The Labute approximate surface area is 131 Å². The van der Waals surface area contributed by atoms with Crippen molar-refractivity contribution in [2.24, 2.45) is 23.2 Å². The summed E-state index contributed by atoms with van der Waals surface area (Å²) in [5.41, 5.74) is 2.70. The standard InChI is InChI=1S/C19H23N3/c1-2-4-17(5-3-1)18-12-22(21-20-18)13-19-9-14-6-15(10-19)8-16(7-14)11-19/h1-5,12,14-16H,6-11,13H2. The third kappa shape index (κ3) is 2.10. The zero-order valence-corrected chi connectivity index (χ0v) is 13.0. The normalized spacial score (nSPS) is 35.9. The van der Waals surface area contributed by atoms with E-state index >= 15 is 0 Å². The molecule has 0 aliphatic heterocycles. The van der Waals surface area contributed by atoms with Gasteiger partial charge >= 0.3 is 0 Å². The quantitative estimate of drug-likeness (QED) is 0.850. The zero-order valence-electron chi connectivity index (χ0n) is 13.0. The van der Waals surface area contributed by atoms with Gasteiger partial charge in [0.1, 0.15) is 5.69 Å². The number of benzene rings is 1. The first-order chi connectivity index (χ1) is 10.8. The molecular weight excluding hydrogens is 270 g/mol. The van der Waals surface area contributed by atoms with Crippen molar-refractivity contribution in [2.75, 3.05) is 0 Å². The predicted octanol–water partition coefficient (Wildman–Crippen LogP) is 4.16. The van der Waals surface area contributed by atoms with Crippen molar-refractivity contribution in [3.8, 4) is 11.3 Å². The molecule has 0 atom stereocenters. The predicted molar refractivity (Wildman–Crippen MR) is 86.1 cm³/mol. The van der Waals surface area contributed by atoms with Gasteiger partial charge in [-0.3, -0.25) is 4.68 Å². The monoisotopic (exact) mass is 293 g/mol. The molecule has 1 aromatic heterocycles. The Morgan fingerprint density at radius 1 is 0.955 bits per heavy atom. The third-order valence-electron chi connectivity index (χ3n) is 6.27. The molecule has 0 radical (unpaired) electrons. The molecule has 2 aromatic rings. The van der Waals surface area contributed by atoms with E-state index in [1.165, 1.54) is 44.1 Å². The van der Waals surface area contributed by atoms with Crippen LogP contribution in [0, 0.1) is 23.2 Å². The Bertz CT molecular complexity index is 638. The molecule has 22 heavy (non-hydrogen) atoms. The summed E-state index contributed by atoms with van der Waals surface area (Å²) in [6.45, 7) is 1.08. The molecule has 1 aromatic carbocycles. The molecule has 4 bridgehead atoms. The topological polar surface area (TPSA) is 30.7 Å². The first-order valence-electron chi connectivity index (χ1n) is 8.74. The van der Waals surface area contributed by atoms with Crippen molar-refractivity contribution in [3.63, 3.8) is 0 Å². The molecule has 4 aliphatic rings. The van der Waals surface area contributed by atoms with Crippen LogP contribution in [0.25, 0.3) is 11.3 Å². The Hall–Kier alpha value is -1.64. The highest BCUT2D eigenvalue weighted by molar-refractivity contribution is 5.57. The minimum Gasteiger partial charge on any atom is -0.251 e. The second kappa shape index (κ2) is 4.68. The van der Waals surface area contributed by atoms with Gasteiger partial charge in [0.05, 0.1) is 6.20 Å². The molecule has 3 nitrogen and oxygen atoms in total. The smallest absolute Gasteiger partial charge is 0.113 e. The molecule has 6 rings (SSSR count). The van der Waals surface area contributed by atoms with Gasteiger partial charge in [-0.2, -0.15) is 0 Å². The lowest BCUT2D eigenvalue weighted by molar-refractivity contribution is -0.0637. The fraction of sp³-hybridized carbons (Fsp3) is 0.579. The fourth-order valence-electron chi connectivity index (χ4n) is 5.94. The fourth-order valence-corrected chi connectivity index (χ4v) is 5.94. The summed E-state index contributed by atoms with van der Waals surface area (Å²) in [5, 5.41) is 8.83. The van der Waals surface area contributed by atoms with Crippen LogP contribution in [-0.4, -0.2) is 15.0 Å². The summed E-state index contributed by atoms with van der Waals surface area (Å²) in [7, 11) is 0. The van der Waals surface area contributed by atoms with Crippen LogP contribution in [0.1, 0.15) is 38.5 Å². The summed E-state index contributed by atoms with van der Waals surface area (Å²) < 4.78 is 2.12. The van der Waals surface area contributed by atoms with Crippen LogP contribution in [0.3, 0.4) is 0 Å². The summed E-state index contributed by atoms with van der Waals surface area (Å²) in [5.74, 6) is 3.01. The van der Waals surface area contributed by atoms with Gasteiger partial charge in [-0.1, -0.05) is 35.5 Å².